The van der Waals surface area contributed by atoms with Gasteiger partial charge < -0.3 is 4.90 Å². The number of thioether (sulfide) groups is 1. The van der Waals surface area contributed by atoms with Gasteiger partial charge in [-0.2, -0.15) is 5.26 Å². The van der Waals surface area contributed by atoms with Crippen LogP contribution in [0.2, 0.25) is 0 Å². The Kier molecular flexibility index (Phi) is 11.3. The molecule has 8 heteroatoms. The van der Waals surface area contributed by atoms with Crippen molar-refractivity contribution >= 4 is 46.1 Å². The number of amides is 1. The number of piperidine rings is 1. The van der Waals surface area contributed by atoms with Crippen molar-refractivity contribution in [2.24, 2.45) is 5.92 Å². The Morgan fingerprint density at radius 1 is 1.08 bits per heavy atom. The third kappa shape index (κ3) is 7.06. The first-order valence-electron chi connectivity index (χ1n) is 14.0. The third-order valence-electron chi connectivity index (χ3n) is 7.42. The second kappa shape index (κ2) is 14.2. The number of nitriles is 1. The minimum atomic E-state index is -0.227. The molecule has 0 N–H and O–H groups in total. The molecule has 37 heavy (non-hydrogen) atoms. The molecule has 1 aromatic rings. The molecule has 3 rings (SSSR count). The van der Waals surface area contributed by atoms with E-state index < -0.39 is 0 Å². The van der Waals surface area contributed by atoms with E-state index in [9.17, 15) is 14.9 Å². The molecule has 0 bridgehead atoms. The van der Waals surface area contributed by atoms with E-state index in [4.69, 9.17) is 12.2 Å². The lowest BCUT2D eigenvalue weighted by Gasteiger charge is -2.36. The zero-order valence-corrected chi connectivity index (χ0v) is 24.6. The van der Waals surface area contributed by atoms with E-state index in [2.05, 4.69) is 31.7 Å². The number of anilines is 1. The van der Waals surface area contributed by atoms with Crippen LogP contribution in [0.4, 0.5) is 5.82 Å². The van der Waals surface area contributed by atoms with E-state index >= 15 is 0 Å². The number of aromatic nitrogens is 1. The smallest absolute Gasteiger partial charge is 0.270 e. The highest BCUT2D eigenvalue weighted by Gasteiger charge is 2.33. The highest BCUT2D eigenvalue weighted by atomic mass is 32.2. The number of nitrogens with zero attached hydrogens (tertiary/aromatic N) is 4. The number of hydrogen-bond acceptors (Lipinski definition) is 6. The van der Waals surface area contributed by atoms with Crippen molar-refractivity contribution in [1.29, 1.82) is 5.26 Å². The van der Waals surface area contributed by atoms with E-state index in [1.54, 1.807) is 9.47 Å². The zero-order chi connectivity index (χ0) is 26.9. The summed E-state index contributed by atoms with van der Waals surface area (Å²) < 4.78 is 2.38. The first-order valence-corrected chi connectivity index (χ1v) is 15.2. The Morgan fingerprint density at radius 3 is 2.46 bits per heavy atom. The Balaban J connectivity index is 1.99. The molecule has 1 atom stereocenters. The number of carbonyl (C=O) groups excluding carboxylic acids is 1. The molecular formula is C29H42N4O2S2. The van der Waals surface area contributed by atoms with E-state index in [1.807, 2.05) is 13.0 Å². The fourth-order valence-corrected chi connectivity index (χ4v) is 6.55. The summed E-state index contributed by atoms with van der Waals surface area (Å²) >= 11 is 6.93. The topological polar surface area (TPSA) is 69.3 Å². The number of thiocarbonyl (C=S) groups is 1. The number of rotatable bonds is 12. The highest BCUT2D eigenvalue weighted by molar-refractivity contribution is 8.26. The summed E-state index contributed by atoms with van der Waals surface area (Å²) in [6.45, 7) is 11.3. The van der Waals surface area contributed by atoms with E-state index in [0.717, 1.165) is 63.0 Å². The van der Waals surface area contributed by atoms with Gasteiger partial charge in [0.2, 0.25) is 0 Å². The predicted octanol–water partition coefficient (Wildman–Crippen LogP) is 6.63. The van der Waals surface area contributed by atoms with Crippen LogP contribution in [-0.4, -0.2) is 39.3 Å². The summed E-state index contributed by atoms with van der Waals surface area (Å²) in [5.41, 5.74) is 1.39. The van der Waals surface area contributed by atoms with Gasteiger partial charge in [0.05, 0.1) is 4.91 Å². The van der Waals surface area contributed by atoms with Gasteiger partial charge in [-0.25, -0.2) is 0 Å². The number of carbonyl (C=O) groups is 1. The molecule has 0 radical (unpaired) electrons. The summed E-state index contributed by atoms with van der Waals surface area (Å²) in [6.07, 6.45) is 12.9. The molecule has 1 amide bonds. The Hall–Kier alpha value is -2.11. The maximum Gasteiger partial charge on any atom is 0.270 e. The third-order valence-corrected chi connectivity index (χ3v) is 8.80. The SMILES string of the molecule is CCCCCCCCN1C(=O)C(=Cc2c(C)c(C#N)c(=O)n(CCCC)c2N2CCCC(C)C2)SC1=S. The highest BCUT2D eigenvalue weighted by Crippen LogP contribution is 2.37. The first kappa shape index (κ1) is 29.4. The van der Waals surface area contributed by atoms with Gasteiger partial charge in [0, 0.05) is 31.7 Å². The van der Waals surface area contributed by atoms with Gasteiger partial charge in [-0.3, -0.25) is 19.1 Å². The van der Waals surface area contributed by atoms with E-state index in [1.165, 1.54) is 37.4 Å². The van der Waals surface area contributed by atoms with Gasteiger partial charge in [-0.1, -0.05) is 83.3 Å². The van der Waals surface area contributed by atoms with Crippen molar-refractivity contribution in [3.05, 3.63) is 31.9 Å². The van der Waals surface area contributed by atoms with Crippen molar-refractivity contribution in [3.8, 4) is 6.07 Å². The molecule has 2 aliphatic rings. The number of pyridine rings is 1. The number of unbranched alkanes of at least 4 members (excludes halogenated alkanes) is 6. The monoisotopic (exact) mass is 542 g/mol. The maximum absolute atomic E-state index is 13.4. The van der Waals surface area contributed by atoms with Gasteiger partial charge in [0.15, 0.2) is 0 Å². The van der Waals surface area contributed by atoms with Crippen LogP contribution in [0, 0.1) is 24.2 Å². The van der Waals surface area contributed by atoms with Crippen LogP contribution in [0.1, 0.15) is 102 Å². The standard InChI is InChI=1S/C29H42N4O2S2/c1-5-7-9-10-11-12-17-33-28(35)25(37-29(33)36)18-23-22(4)24(19-30)27(34)32(16-8-6-2)26(23)31-15-13-14-21(3)20-31/h18,21H,5-17,20H2,1-4H3. The minimum absolute atomic E-state index is 0.0641. The van der Waals surface area contributed by atoms with E-state index in [0.29, 0.717) is 33.8 Å². The first-order chi connectivity index (χ1) is 17.8. The summed E-state index contributed by atoms with van der Waals surface area (Å²) in [5.74, 6) is 1.30. The Morgan fingerprint density at radius 2 is 1.78 bits per heavy atom. The van der Waals surface area contributed by atoms with Crippen LogP contribution in [0.15, 0.2) is 9.70 Å². The molecular weight excluding hydrogens is 500 g/mol. The van der Waals surface area contributed by atoms with Crippen LogP contribution in [-0.2, 0) is 11.3 Å². The quantitative estimate of drug-likeness (QED) is 0.168. The second-order valence-corrected chi connectivity index (χ2v) is 12.1. The normalized spacial score (nSPS) is 19.2. The summed E-state index contributed by atoms with van der Waals surface area (Å²) in [6, 6.07) is 2.15. The lowest BCUT2D eigenvalue weighted by Crippen LogP contribution is -2.40. The Bertz CT molecular complexity index is 1120. The van der Waals surface area contributed by atoms with Crippen LogP contribution in [0.25, 0.3) is 6.08 Å². The van der Waals surface area contributed by atoms with Crippen LogP contribution in [0.3, 0.4) is 0 Å². The molecule has 0 spiro atoms. The fourth-order valence-electron chi connectivity index (χ4n) is 5.26. The molecule has 2 saturated heterocycles. The van der Waals surface area contributed by atoms with Gasteiger partial charge in [-0.15, -0.1) is 0 Å². The maximum atomic E-state index is 13.4. The van der Waals surface area contributed by atoms with Crippen molar-refractivity contribution in [2.75, 3.05) is 24.5 Å². The van der Waals surface area contributed by atoms with Crippen LogP contribution in [0.5, 0.6) is 0 Å². The lowest BCUT2D eigenvalue weighted by molar-refractivity contribution is -0.122. The average Bonchev–Trinajstić information content (AvgIpc) is 3.14. The fraction of sp³-hybridized carbons (Fsp3) is 0.655. The molecule has 2 aliphatic heterocycles. The zero-order valence-electron chi connectivity index (χ0n) is 23.0. The van der Waals surface area contributed by atoms with Gasteiger partial charge in [0.1, 0.15) is 21.8 Å². The Labute approximate surface area is 232 Å². The second-order valence-electron chi connectivity index (χ2n) is 10.5. The lowest BCUT2D eigenvalue weighted by atomic mass is 9.98. The summed E-state index contributed by atoms with van der Waals surface area (Å²) in [4.78, 5) is 31.4. The minimum Gasteiger partial charge on any atom is -0.357 e. The van der Waals surface area contributed by atoms with Crippen molar-refractivity contribution < 1.29 is 4.79 Å². The molecule has 3 heterocycles. The largest absolute Gasteiger partial charge is 0.357 e. The van der Waals surface area contributed by atoms with Gasteiger partial charge in [-0.05, 0) is 50.2 Å². The van der Waals surface area contributed by atoms with Gasteiger partial charge >= 0.3 is 0 Å². The molecule has 202 valence electrons. The predicted molar refractivity (Wildman–Crippen MR) is 159 cm³/mol. The molecule has 0 aromatic carbocycles. The molecule has 1 unspecified atom stereocenters. The molecule has 2 fully saturated rings. The van der Waals surface area contributed by atoms with Crippen LogP contribution < -0.4 is 10.5 Å². The molecule has 1 aromatic heterocycles. The molecule has 0 aliphatic carbocycles. The van der Waals surface area contributed by atoms with Crippen molar-refractivity contribution in [2.45, 2.75) is 98.4 Å². The average molecular weight is 543 g/mol. The molecule has 6 nitrogen and oxygen atoms in total. The van der Waals surface area contributed by atoms with Crippen molar-refractivity contribution in [1.82, 2.24) is 9.47 Å². The summed E-state index contributed by atoms with van der Waals surface area (Å²) in [7, 11) is 0. The van der Waals surface area contributed by atoms with Gasteiger partial charge in [0.25, 0.3) is 11.5 Å². The molecule has 0 saturated carbocycles. The number of hydrogen-bond donors (Lipinski definition) is 0. The van der Waals surface area contributed by atoms with E-state index in [-0.39, 0.29) is 17.0 Å². The van der Waals surface area contributed by atoms with Crippen LogP contribution >= 0.6 is 24.0 Å². The van der Waals surface area contributed by atoms with Crippen molar-refractivity contribution in [3.63, 3.8) is 0 Å². The summed E-state index contributed by atoms with van der Waals surface area (Å²) in [5, 5.41) is 9.89.